The Labute approximate surface area is 251 Å². The lowest BCUT2D eigenvalue weighted by Gasteiger charge is -2.68. The molecule has 14 atom stereocenters. The number of aliphatic hydroxyl groups is 3. The number of carboxylic acids is 1. The smallest absolute Gasteiger partial charge is 0.310 e. The van der Waals surface area contributed by atoms with Crippen molar-refractivity contribution in [2.75, 3.05) is 0 Å². The largest absolute Gasteiger partial charge is 0.481 e. The number of carbonyl (C=O) groups is 2. The summed E-state index contributed by atoms with van der Waals surface area (Å²) in [5.41, 5.74) is 0.716. The van der Waals surface area contributed by atoms with E-state index in [2.05, 4.69) is 40.7 Å². The summed E-state index contributed by atoms with van der Waals surface area (Å²) in [5, 5.41) is 41.8. The summed E-state index contributed by atoms with van der Waals surface area (Å²) in [6, 6.07) is 0. The van der Waals surface area contributed by atoms with E-state index in [1.807, 2.05) is 0 Å². The molecule has 1 heterocycles. The standard InChI is InChI=1S/C35H54O7/c1-18-9-15-35(31(40)41)16-11-21-20(23(35)17-18)7-8-25-33(21,5)14-12-24-32(3,4)22(10-13-34(24,25)6)27(37)30-29(39)28(38)26(36)19(2)42-30/h7,18-19,21-26,28-30,36,38-39H,8-17H2,1-6H3,(H,40,41). The van der Waals surface area contributed by atoms with Gasteiger partial charge in [0.1, 0.15) is 24.4 Å². The molecular formula is C35H54O7. The monoisotopic (exact) mass is 586 g/mol. The van der Waals surface area contributed by atoms with E-state index in [9.17, 15) is 30.0 Å². The Balaban J connectivity index is 1.28. The van der Waals surface area contributed by atoms with Crippen LogP contribution in [0.15, 0.2) is 11.6 Å². The molecule has 6 rings (SSSR count). The first-order valence-electron chi connectivity index (χ1n) is 16.8. The minimum atomic E-state index is -1.43. The first-order chi connectivity index (χ1) is 19.6. The number of carboxylic acid groups (broad SMARTS) is 1. The molecule has 4 N–H and O–H groups in total. The van der Waals surface area contributed by atoms with E-state index in [4.69, 9.17) is 4.74 Å². The van der Waals surface area contributed by atoms with Crippen LogP contribution in [0.2, 0.25) is 0 Å². The minimum Gasteiger partial charge on any atom is -0.481 e. The highest BCUT2D eigenvalue weighted by Gasteiger charge is 2.66. The van der Waals surface area contributed by atoms with Crippen molar-refractivity contribution in [2.45, 2.75) is 136 Å². The molecule has 42 heavy (non-hydrogen) atoms. The molecule has 5 fully saturated rings. The number of hydrogen-bond donors (Lipinski definition) is 4. The van der Waals surface area contributed by atoms with Crippen molar-refractivity contribution in [3.05, 3.63) is 11.6 Å². The first-order valence-corrected chi connectivity index (χ1v) is 16.8. The van der Waals surface area contributed by atoms with Crippen LogP contribution in [0.5, 0.6) is 0 Å². The Morgan fingerprint density at radius 2 is 1.48 bits per heavy atom. The molecule has 0 aromatic carbocycles. The van der Waals surface area contributed by atoms with Gasteiger partial charge in [0.05, 0.1) is 11.5 Å². The zero-order valence-electron chi connectivity index (χ0n) is 26.5. The van der Waals surface area contributed by atoms with E-state index in [0.29, 0.717) is 30.1 Å². The second-order valence-corrected chi connectivity index (χ2v) is 16.6. The molecule has 6 aliphatic rings. The number of ether oxygens (including phenoxy) is 1. The van der Waals surface area contributed by atoms with E-state index >= 15 is 0 Å². The fourth-order valence-corrected chi connectivity index (χ4v) is 12.1. The van der Waals surface area contributed by atoms with Gasteiger partial charge in [0, 0.05) is 5.92 Å². The Kier molecular flexibility index (Phi) is 7.40. The summed E-state index contributed by atoms with van der Waals surface area (Å²) in [4.78, 5) is 26.7. The third kappa shape index (κ3) is 4.11. The second kappa shape index (κ2) is 10.1. The molecule has 0 aromatic rings. The highest BCUT2D eigenvalue weighted by molar-refractivity contribution is 5.87. The molecule has 0 amide bonds. The summed E-state index contributed by atoms with van der Waals surface area (Å²) < 4.78 is 5.83. The lowest BCUT2D eigenvalue weighted by atomic mass is 9.36. The molecule has 7 heteroatoms. The van der Waals surface area contributed by atoms with Gasteiger partial charge in [-0.25, -0.2) is 0 Å². The molecule has 1 saturated heterocycles. The SMILES string of the molecule is CC1CCC2(C(=O)O)CCC3C(=CCC4C3(C)CCC3C(C)(C)C(C(=O)C5OC(C)C(O)C(O)C5O)CCC34C)C2C1. The molecule has 7 nitrogen and oxygen atoms in total. The number of aliphatic hydroxyl groups excluding tert-OH is 3. The summed E-state index contributed by atoms with van der Waals surface area (Å²) in [6.07, 6.45) is 5.86. The Hall–Kier alpha value is -1.28. The highest BCUT2D eigenvalue weighted by Crippen LogP contribution is 2.72. The van der Waals surface area contributed by atoms with E-state index < -0.39 is 41.9 Å². The van der Waals surface area contributed by atoms with E-state index in [1.165, 1.54) is 5.57 Å². The number of aliphatic carboxylic acids is 1. The van der Waals surface area contributed by atoms with Gasteiger partial charge >= 0.3 is 5.97 Å². The van der Waals surface area contributed by atoms with Crippen LogP contribution in [-0.2, 0) is 14.3 Å². The van der Waals surface area contributed by atoms with Crippen LogP contribution in [0.25, 0.3) is 0 Å². The van der Waals surface area contributed by atoms with Crippen LogP contribution in [0.3, 0.4) is 0 Å². The zero-order chi connectivity index (χ0) is 30.6. The lowest BCUT2D eigenvalue weighted by molar-refractivity contribution is -0.223. The molecule has 1 aliphatic heterocycles. The molecule has 4 saturated carbocycles. The van der Waals surface area contributed by atoms with Gasteiger partial charge in [-0.15, -0.1) is 0 Å². The first kappa shape index (κ1) is 30.7. The molecule has 0 aromatic heterocycles. The number of hydrogen-bond acceptors (Lipinski definition) is 6. The zero-order valence-corrected chi connectivity index (χ0v) is 26.5. The molecule has 0 spiro atoms. The van der Waals surface area contributed by atoms with Gasteiger partial charge in [0.25, 0.3) is 0 Å². The second-order valence-electron chi connectivity index (χ2n) is 16.6. The van der Waals surface area contributed by atoms with Gasteiger partial charge in [-0.1, -0.05) is 46.3 Å². The third-order valence-electron chi connectivity index (χ3n) is 14.5. The fraction of sp³-hybridized carbons (Fsp3) is 0.886. The van der Waals surface area contributed by atoms with Crippen molar-refractivity contribution in [3.8, 4) is 0 Å². The van der Waals surface area contributed by atoms with Gasteiger partial charge in [0.15, 0.2) is 5.78 Å². The van der Waals surface area contributed by atoms with Crippen molar-refractivity contribution in [1.82, 2.24) is 0 Å². The third-order valence-corrected chi connectivity index (χ3v) is 14.5. The number of carbonyl (C=O) groups excluding carboxylic acids is 1. The van der Waals surface area contributed by atoms with Gasteiger partial charge in [0.2, 0.25) is 0 Å². The predicted molar refractivity (Wildman–Crippen MR) is 158 cm³/mol. The lowest BCUT2D eigenvalue weighted by Crippen LogP contribution is -2.64. The van der Waals surface area contributed by atoms with Crippen LogP contribution in [0.1, 0.15) is 106 Å². The molecule has 0 radical (unpaired) electrons. The quantitative estimate of drug-likeness (QED) is 0.337. The topological polar surface area (TPSA) is 124 Å². The van der Waals surface area contributed by atoms with Crippen molar-refractivity contribution in [2.24, 2.45) is 57.2 Å². The molecule has 5 aliphatic carbocycles. The summed E-state index contributed by atoms with van der Waals surface area (Å²) >= 11 is 0. The minimum absolute atomic E-state index is 0.0472. The summed E-state index contributed by atoms with van der Waals surface area (Å²) in [7, 11) is 0. The van der Waals surface area contributed by atoms with Gasteiger partial charge in [-0.05, 0) is 117 Å². The van der Waals surface area contributed by atoms with Gasteiger partial charge in [-0.3, -0.25) is 9.59 Å². The van der Waals surface area contributed by atoms with Crippen molar-refractivity contribution >= 4 is 11.8 Å². The Bertz CT molecular complexity index is 1150. The number of ketones is 1. The summed E-state index contributed by atoms with van der Waals surface area (Å²) in [6.45, 7) is 13.3. The summed E-state index contributed by atoms with van der Waals surface area (Å²) in [5.74, 6) is 0.922. The van der Waals surface area contributed by atoms with Crippen molar-refractivity contribution in [3.63, 3.8) is 0 Å². The molecular weight excluding hydrogens is 532 g/mol. The average Bonchev–Trinajstić information content (AvgIpc) is 2.92. The Morgan fingerprint density at radius 3 is 2.17 bits per heavy atom. The normalized spacial score (nSPS) is 53.5. The number of Topliss-reactive ketones (excluding diaryl/α,β-unsaturated/α-hetero) is 1. The molecule has 14 unspecified atom stereocenters. The van der Waals surface area contributed by atoms with Crippen LogP contribution < -0.4 is 0 Å². The maximum Gasteiger partial charge on any atom is 0.310 e. The average molecular weight is 587 g/mol. The number of fused-ring (bicyclic) bond motifs is 7. The van der Waals surface area contributed by atoms with Crippen LogP contribution in [-0.4, -0.2) is 62.7 Å². The van der Waals surface area contributed by atoms with E-state index in [1.54, 1.807) is 6.92 Å². The molecule has 0 bridgehead atoms. The fourth-order valence-electron chi connectivity index (χ4n) is 12.1. The highest BCUT2D eigenvalue weighted by atomic mass is 16.5. The number of rotatable bonds is 3. The van der Waals surface area contributed by atoms with E-state index in [0.717, 1.165) is 57.8 Å². The van der Waals surface area contributed by atoms with Crippen molar-refractivity contribution in [1.29, 1.82) is 0 Å². The number of allylic oxidation sites excluding steroid dienone is 2. The maximum atomic E-state index is 14.0. The maximum absolute atomic E-state index is 14.0. The molecule has 236 valence electrons. The predicted octanol–water partition coefficient (Wildman–Crippen LogP) is 5.15. The van der Waals surface area contributed by atoms with E-state index in [-0.39, 0.29) is 33.9 Å². The van der Waals surface area contributed by atoms with Crippen LogP contribution >= 0.6 is 0 Å². The van der Waals surface area contributed by atoms with Crippen LogP contribution in [0, 0.1) is 57.2 Å². The van der Waals surface area contributed by atoms with Gasteiger partial charge < -0.3 is 25.2 Å². The van der Waals surface area contributed by atoms with Crippen LogP contribution in [0.4, 0.5) is 0 Å². The van der Waals surface area contributed by atoms with Gasteiger partial charge in [-0.2, -0.15) is 0 Å². The Morgan fingerprint density at radius 1 is 0.810 bits per heavy atom. The van der Waals surface area contributed by atoms with Crippen molar-refractivity contribution < 1.29 is 34.8 Å².